The number of aryl methyl sites for hydroxylation is 2. The molecule has 14 nitrogen and oxygen atoms in total. The summed E-state index contributed by atoms with van der Waals surface area (Å²) in [5.74, 6) is 0.294. The van der Waals surface area contributed by atoms with E-state index in [4.69, 9.17) is 10.5 Å². The zero-order chi connectivity index (χ0) is 40.0. The number of halogens is 1. The summed E-state index contributed by atoms with van der Waals surface area (Å²) >= 11 is 0. The molecule has 0 spiro atoms. The van der Waals surface area contributed by atoms with E-state index in [1.165, 1.54) is 10.8 Å². The highest BCUT2D eigenvalue weighted by molar-refractivity contribution is 6.05. The molecule has 2 amide bonds. The molecule has 4 aromatic heterocycles. The second-order valence-corrected chi connectivity index (χ2v) is 15.2. The van der Waals surface area contributed by atoms with E-state index < -0.39 is 23.4 Å². The normalized spacial score (nSPS) is 18.9. The number of hydrogen-bond donors (Lipinski definition) is 4. The van der Waals surface area contributed by atoms with Gasteiger partial charge in [0, 0.05) is 62.1 Å². The zero-order valence-corrected chi connectivity index (χ0v) is 32.2. The lowest BCUT2D eigenvalue weighted by molar-refractivity contribution is 0.0664. The van der Waals surface area contributed by atoms with Crippen molar-refractivity contribution in [3.8, 4) is 22.6 Å². The number of nitrogens with one attached hydrogen (secondary N) is 3. The monoisotopic (exact) mass is 758 g/mol. The number of imidazole rings is 1. The zero-order valence-electron chi connectivity index (χ0n) is 32.2. The maximum atomic E-state index is 15.2. The molecule has 56 heavy (non-hydrogen) atoms. The minimum atomic E-state index is -1.35. The highest BCUT2D eigenvalue weighted by Gasteiger charge is 2.59. The summed E-state index contributed by atoms with van der Waals surface area (Å²) in [6, 6.07) is 12.5. The SMILES string of the molecule is Cc1cc(-n2nc3c(c2-n2cc[nH]c2=O)[C@H](C)N(C(=O)c2cc4cc(-c5ccnc(N(C)C)c5C)ccc4n2[C@@]2(C(=N)NC(=O)O)C[C@@H]2C)CC3)cc(C)c1F. The number of carbonyl (C=O) groups excluding carboxylic acids is 1. The maximum Gasteiger partial charge on any atom is 0.410 e. The molecular weight excluding hydrogens is 716 g/mol. The van der Waals surface area contributed by atoms with Gasteiger partial charge >= 0.3 is 11.8 Å². The van der Waals surface area contributed by atoms with Crippen molar-refractivity contribution in [2.24, 2.45) is 5.92 Å². The largest absolute Gasteiger partial charge is 0.465 e. The number of fused-ring (bicyclic) bond motifs is 2. The van der Waals surface area contributed by atoms with Gasteiger partial charge in [-0.1, -0.05) is 13.0 Å². The first-order valence-electron chi connectivity index (χ1n) is 18.5. The predicted molar refractivity (Wildman–Crippen MR) is 211 cm³/mol. The minimum absolute atomic E-state index is 0.146. The Labute approximate surface area is 321 Å². The summed E-state index contributed by atoms with van der Waals surface area (Å²) in [6.45, 7) is 9.52. The van der Waals surface area contributed by atoms with Crippen molar-refractivity contribution in [2.75, 3.05) is 25.5 Å². The van der Waals surface area contributed by atoms with Crippen LogP contribution in [0.5, 0.6) is 0 Å². The third-order valence-electron chi connectivity index (χ3n) is 11.5. The van der Waals surface area contributed by atoms with Gasteiger partial charge in [-0.2, -0.15) is 5.10 Å². The van der Waals surface area contributed by atoms with Crippen molar-refractivity contribution in [3.63, 3.8) is 0 Å². The molecule has 5 heterocycles. The maximum absolute atomic E-state index is 15.2. The number of H-pyrrole nitrogens is 1. The summed E-state index contributed by atoms with van der Waals surface area (Å²) in [5, 5.41) is 26.7. The molecule has 15 heteroatoms. The van der Waals surface area contributed by atoms with Crippen LogP contribution in [0.15, 0.2) is 65.8 Å². The first-order valence-corrected chi connectivity index (χ1v) is 18.5. The van der Waals surface area contributed by atoms with Gasteiger partial charge in [-0.05, 0) is 104 Å². The standard InChI is InChI=1S/C41H43FN10O4/c1-21-16-28(17-22(2)34(21)42)52-36(50-15-13-45-39(50)54)33-25(5)49(14-11-30(33)47-52)37(53)32-19-27-18-26(29-10-12-44-35(24(29)4)48(6)7)8-9-31(27)51(32)41(20-23(41)3)38(43)46-40(55)56/h8-10,12-13,15-19,23,25H,11,14,20H2,1-7H3,(H2,43,46)(H,45,54)(H,55,56)/t23-,25-,41-/m0/s1. The molecular formula is C41H43FN10O4. The fourth-order valence-electron chi connectivity index (χ4n) is 8.68. The summed E-state index contributed by atoms with van der Waals surface area (Å²) in [6.07, 6.45) is 4.39. The van der Waals surface area contributed by atoms with Crippen molar-refractivity contribution in [1.82, 2.24) is 39.1 Å². The number of nitrogens with zero attached hydrogens (tertiary/aromatic N) is 7. The number of amides is 2. The number of aromatic nitrogens is 6. The Balaban J connectivity index is 1.28. The molecule has 2 aliphatic rings. The Morgan fingerprint density at radius 3 is 2.43 bits per heavy atom. The first kappa shape index (κ1) is 36.5. The molecule has 3 atom stereocenters. The number of pyridine rings is 1. The van der Waals surface area contributed by atoms with Gasteiger partial charge in [-0.3, -0.25) is 20.1 Å². The van der Waals surface area contributed by atoms with E-state index in [0.29, 0.717) is 64.5 Å². The molecule has 1 saturated carbocycles. The van der Waals surface area contributed by atoms with Gasteiger partial charge < -0.3 is 24.5 Å². The van der Waals surface area contributed by atoms with Crippen molar-refractivity contribution < 1.29 is 19.1 Å². The van der Waals surface area contributed by atoms with Crippen molar-refractivity contribution in [3.05, 3.63) is 111 Å². The molecule has 0 radical (unpaired) electrons. The smallest absolute Gasteiger partial charge is 0.410 e. The average molecular weight is 759 g/mol. The lowest BCUT2D eigenvalue weighted by Gasteiger charge is -2.34. The molecule has 8 rings (SSSR count). The summed E-state index contributed by atoms with van der Waals surface area (Å²) in [7, 11) is 3.88. The number of carbonyl (C=O) groups is 2. The van der Waals surface area contributed by atoms with Gasteiger partial charge in [-0.15, -0.1) is 0 Å². The highest BCUT2D eigenvalue weighted by Crippen LogP contribution is 2.53. The number of aromatic amines is 1. The fraction of sp³-hybridized carbons (Fsp3) is 0.317. The van der Waals surface area contributed by atoms with Crippen molar-refractivity contribution >= 4 is 34.6 Å². The van der Waals surface area contributed by atoms with Gasteiger partial charge in [0.2, 0.25) is 0 Å². The lowest BCUT2D eigenvalue weighted by Crippen LogP contribution is -2.45. The lowest BCUT2D eigenvalue weighted by atomic mass is 9.98. The number of anilines is 1. The highest BCUT2D eigenvalue weighted by atomic mass is 19.1. The molecule has 1 aliphatic heterocycles. The second-order valence-electron chi connectivity index (χ2n) is 15.2. The van der Waals surface area contributed by atoms with Crippen LogP contribution in [0.2, 0.25) is 0 Å². The number of hydrogen-bond acceptors (Lipinski definition) is 7. The van der Waals surface area contributed by atoms with Gasteiger partial charge in [0.15, 0.2) is 0 Å². The molecule has 4 N–H and O–H groups in total. The summed E-state index contributed by atoms with van der Waals surface area (Å²) in [5.41, 5.74) is 5.24. The Hall–Kier alpha value is -6.51. The van der Waals surface area contributed by atoms with Crippen LogP contribution >= 0.6 is 0 Å². The van der Waals surface area contributed by atoms with E-state index >= 15 is 4.79 Å². The van der Waals surface area contributed by atoms with Gasteiger partial charge in [0.05, 0.1) is 17.4 Å². The van der Waals surface area contributed by atoms with Gasteiger partial charge in [0.1, 0.15) is 34.5 Å². The van der Waals surface area contributed by atoms with Gasteiger partial charge in [-0.25, -0.2) is 23.6 Å². The fourth-order valence-corrected chi connectivity index (χ4v) is 8.68. The van der Waals surface area contributed by atoms with Crippen LogP contribution in [0, 0.1) is 37.9 Å². The summed E-state index contributed by atoms with van der Waals surface area (Å²) < 4.78 is 19.7. The van der Waals surface area contributed by atoms with Crippen LogP contribution in [-0.4, -0.2) is 77.4 Å². The van der Waals surface area contributed by atoms with Crippen LogP contribution in [0.4, 0.5) is 15.0 Å². The Morgan fingerprint density at radius 2 is 1.80 bits per heavy atom. The number of benzene rings is 2. The second kappa shape index (κ2) is 13.1. The molecule has 0 bridgehead atoms. The third kappa shape index (κ3) is 5.51. The molecule has 0 unspecified atom stereocenters. The van der Waals surface area contributed by atoms with E-state index in [2.05, 4.69) is 15.3 Å². The van der Waals surface area contributed by atoms with Crippen LogP contribution in [-0.2, 0) is 12.0 Å². The average Bonchev–Trinajstić information content (AvgIpc) is 3.46. The Kier molecular flexibility index (Phi) is 8.51. The van der Waals surface area contributed by atoms with Crippen LogP contribution in [0.3, 0.4) is 0 Å². The Morgan fingerprint density at radius 1 is 1.09 bits per heavy atom. The van der Waals surface area contributed by atoms with Crippen molar-refractivity contribution in [2.45, 2.75) is 59.0 Å². The van der Waals surface area contributed by atoms with Crippen LogP contribution in [0.25, 0.3) is 33.5 Å². The van der Waals surface area contributed by atoms with E-state index in [1.807, 2.05) is 74.7 Å². The van der Waals surface area contributed by atoms with E-state index in [1.54, 1.807) is 48.0 Å². The van der Waals surface area contributed by atoms with Crippen molar-refractivity contribution in [1.29, 1.82) is 5.41 Å². The Bertz CT molecular complexity index is 2660. The molecule has 1 aliphatic carbocycles. The molecule has 1 fully saturated rings. The van der Waals surface area contributed by atoms with Gasteiger partial charge in [0.25, 0.3) is 5.91 Å². The van der Waals surface area contributed by atoms with E-state index in [9.17, 15) is 19.1 Å². The topological polar surface area (TPSA) is 170 Å². The van der Waals surface area contributed by atoms with E-state index in [0.717, 1.165) is 27.9 Å². The predicted octanol–water partition coefficient (Wildman–Crippen LogP) is 6.24. The summed E-state index contributed by atoms with van der Waals surface area (Å²) in [4.78, 5) is 51.2. The van der Waals surface area contributed by atoms with E-state index in [-0.39, 0.29) is 23.5 Å². The quantitative estimate of drug-likeness (QED) is 0.110. The third-order valence-corrected chi connectivity index (χ3v) is 11.5. The number of carboxylic acid groups (broad SMARTS) is 1. The number of amidine groups is 1. The molecule has 0 saturated heterocycles. The molecule has 288 valence electrons. The van der Waals surface area contributed by atoms with Crippen LogP contribution < -0.4 is 15.9 Å². The van der Waals surface area contributed by atoms with Crippen LogP contribution in [0.1, 0.15) is 64.7 Å². The first-order chi connectivity index (χ1) is 26.6. The molecule has 6 aromatic rings. The number of rotatable bonds is 7. The minimum Gasteiger partial charge on any atom is -0.465 e. The molecule has 2 aromatic carbocycles.